The predicted molar refractivity (Wildman–Crippen MR) is 63.0 cm³/mol. The lowest BCUT2D eigenvalue weighted by Gasteiger charge is -2.19. The Morgan fingerprint density at radius 3 is 3.06 bits per heavy atom. The zero-order valence-corrected chi connectivity index (χ0v) is 9.85. The minimum atomic E-state index is -0.152. The van der Waals surface area contributed by atoms with Crippen LogP contribution in [-0.2, 0) is 0 Å². The third-order valence-electron chi connectivity index (χ3n) is 4.23. The van der Waals surface area contributed by atoms with Gasteiger partial charge in [-0.25, -0.2) is 0 Å². The summed E-state index contributed by atoms with van der Waals surface area (Å²) in [5.74, 6) is 1.89. The molecule has 2 aliphatic rings. The fourth-order valence-electron chi connectivity index (χ4n) is 3.30. The second-order valence-corrected chi connectivity index (χ2v) is 5.19. The van der Waals surface area contributed by atoms with E-state index in [1.165, 1.54) is 0 Å². The van der Waals surface area contributed by atoms with Crippen LogP contribution in [-0.4, -0.2) is 49.3 Å². The van der Waals surface area contributed by atoms with Gasteiger partial charge in [0.05, 0.1) is 18.5 Å². The largest absolute Gasteiger partial charge is 0.393 e. The fraction of sp³-hybridized carbons (Fsp3) is 0.636. The lowest BCUT2D eigenvalue weighted by atomic mass is 10.00. The zero-order valence-electron chi connectivity index (χ0n) is 9.85. The number of fused-ring (bicyclic) bond motifs is 2. The van der Waals surface area contributed by atoms with Crippen LogP contribution in [0.2, 0.25) is 0 Å². The highest BCUT2D eigenvalue weighted by molar-refractivity contribution is 5.47. The van der Waals surface area contributed by atoms with E-state index in [0.717, 1.165) is 31.7 Å². The van der Waals surface area contributed by atoms with Crippen LogP contribution >= 0.6 is 0 Å². The van der Waals surface area contributed by atoms with E-state index in [-0.39, 0.29) is 6.10 Å². The van der Waals surface area contributed by atoms with Crippen molar-refractivity contribution in [2.24, 2.45) is 11.8 Å². The maximum atomic E-state index is 9.95. The summed E-state index contributed by atoms with van der Waals surface area (Å²) in [6, 6.07) is 0. The number of hydrogen-bond acceptors (Lipinski definition) is 6. The Hall–Kier alpha value is -1.76. The Kier molecular flexibility index (Phi) is 2.05. The van der Waals surface area contributed by atoms with Crippen molar-refractivity contribution < 1.29 is 5.11 Å². The van der Waals surface area contributed by atoms with Crippen LogP contribution in [0.1, 0.15) is 12.8 Å². The lowest BCUT2D eigenvalue weighted by molar-refractivity contribution is 0.133. The number of nitrogens with zero attached hydrogens (tertiary/aromatic N) is 6. The summed E-state index contributed by atoms with van der Waals surface area (Å²) in [6.07, 6.45) is 5.34. The third-order valence-corrected chi connectivity index (χ3v) is 4.23. The molecule has 0 aromatic carbocycles. The van der Waals surface area contributed by atoms with Crippen LogP contribution in [0.25, 0.3) is 5.65 Å². The van der Waals surface area contributed by atoms with Crippen LogP contribution in [0.4, 0.5) is 5.82 Å². The lowest BCUT2D eigenvalue weighted by Crippen LogP contribution is -2.26. The van der Waals surface area contributed by atoms with Gasteiger partial charge in [-0.3, -0.25) is 4.98 Å². The van der Waals surface area contributed by atoms with Crippen LogP contribution in [0.3, 0.4) is 0 Å². The molecule has 3 heterocycles. The predicted octanol–water partition coefficient (Wildman–Crippen LogP) is -0.274. The molecule has 94 valence electrons. The average Bonchev–Trinajstić information content (AvgIpc) is 3.06. The van der Waals surface area contributed by atoms with Gasteiger partial charge in [-0.05, 0) is 29.2 Å². The van der Waals surface area contributed by atoms with E-state index in [1.807, 2.05) is 0 Å². The van der Waals surface area contributed by atoms with Crippen LogP contribution in [0, 0.1) is 11.8 Å². The van der Waals surface area contributed by atoms with Crippen molar-refractivity contribution in [3.05, 3.63) is 12.4 Å². The van der Waals surface area contributed by atoms with Crippen molar-refractivity contribution in [2.75, 3.05) is 18.0 Å². The van der Waals surface area contributed by atoms with E-state index in [9.17, 15) is 5.11 Å². The molecule has 1 aliphatic heterocycles. The van der Waals surface area contributed by atoms with E-state index in [2.05, 4.69) is 25.4 Å². The Morgan fingerprint density at radius 2 is 2.17 bits per heavy atom. The molecule has 1 saturated carbocycles. The first-order valence-corrected chi connectivity index (χ1v) is 6.28. The molecule has 0 bridgehead atoms. The van der Waals surface area contributed by atoms with Crippen molar-refractivity contribution in [1.29, 1.82) is 0 Å². The molecule has 1 aliphatic carbocycles. The quantitative estimate of drug-likeness (QED) is 0.746. The second-order valence-electron chi connectivity index (χ2n) is 5.19. The molecule has 18 heavy (non-hydrogen) atoms. The van der Waals surface area contributed by atoms with Gasteiger partial charge < -0.3 is 10.0 Å². The number of hydrogen-bond donors (Lipinski definition) is 1. The molecule has 1 N–H and O–H groups in total. The summed E-state index contributed by atoms with van der Waals surface area (Å²) in [5.41, 5.74) is 0.658. The summed E-state index contributed by atoms with van der Waals surface area (Å²) < 4.78 is 1.71. The van der Waals surface area contributed by atoms with Crippen molar-refractivity contribution in [3.8, 4) is 0 Å². The molecule has 3 unspecified atom stereocenters. The highest BCUT2D eigenvalue weighted by Gasteiger charge is 2.42. The van der Waals surface area contributed by atoms with Gasteiger partial charge in [0, 0.05) is 19.0 Å². The molecule has 7 heteroatoms. The average molecular weight is 246 g/mol. The number of tetrazole rings is 1. The first-order chi connectivity index (χ1) is 8.83. The maximum Gasteiger partial charge on any atom is 0.199 e. The van der Waals surface area contributed by atoms with Gasteiger partial charge in [-0.2, -0.15) is 4.52 Å². The molecule has 0 radical (unpaired) electrons. The Bertz CT molecular complexity index is 584. The van der Waals surface area contributed by atoms with E-state index in [0.29, 0.717) is 17.5 Å². The van der Waals surface area contributed by atoms with Crippen molar-refractivity contribution >= 4 is 11.5 Å². The normalized spacial score (nSPS) is 31.2. The molecule has 4 rings (SSSR count). The maximum absolute atomic E-state index is 9.95. The molecular weight excluding hydrogens is 232 g/mol. The molecule has 2 fully saturated rings. The number of rotatable bonds is 1. The van der Waals surface area contributed by atoms with E-state index in [4.69, 9.17) is 0 Å². The Balaban J connectivity index is 1.70. The van der Waals surface area contributed by atoms with Gasteiger partial charge in [0.15, 0.2) is 11.5 Å². The van der Waals surface area contributed by atoms with Gasteiger partial charge in [-0.15, -0.1) is 5.10 Å². The minimum Gasteiger partial charge on any atom is -0.393 e. The zero-order chi connectivity index (χ0) is 12.1. The number of anilines is 1. The van der Waals surface area contributed by atoms with Gasteiger partial charge >= 0.3 is 0 Å². The van der Waals surface area contributed by atoms with Crippen molar-refractivity contribution in [3.63, 3.8) is 0 Å². The van der Waals surface area contributed by atoms with Crippen molar-refractivity contribution in [1.82, 2.24) is 25.0 Å². The number of aliphatic hydroxyl groups is 1. The molecular formula is C11H14N6O. The number of aliphatic hydroxyl groups excluding tert-OH is 1. The summed E-state index contributed by atoms with van der Waals surface area (Å²) in [4.78, 5) is 6.41. The smallest absolute Gasteiger partial charge is 0.199 e. The Labute approximate surface area is 103 Å². The van der Waals surface area contributed by atoms with Crippen LogP contribution in [0.5, 0.6) is 0 Å². The summed E-state index contributed by atoms with van der Waals surface area (Å²) in [6.45, 7) is 1.83. The number of aromatic nitrogens is 5. The standard InChI is InChI=1S/C11H14N6O/c18-9-2-1-7-5-16(6-8(7)9)11-4-12-3-10-13-14-15-17(10)11/h3-4,7-9,18H,1-2,5-6H2. The SMILES string of the molecule is OC1CCC2CN(c3cncc4nnnn34)CC12. The molecule has 2 aromatic heterocycles. The molecule has 3 atom stereocenters. The molecule has 0 spiro atoms. The van der Waals surface area contributed by atoms with Crippen molar-refractivity contribution in [2.45, 2.75) is 18.9 Å². The highest BCUT2D eigenvalue weighted by Crippen LogP contribution is 2.39. The summed E-state index contributed by atoms with van der Waals surface area (Å²) >= 11 is 0. The molecule has 7 nitrogen and oxygen atoms in total. The van der Waals surface area contributed by atoms with E-state index >= 15 is 0 Å². The topological polar surface area (TPSA) is 79.4 Å². The van der Waals surface area contributed by atoms with Gasteiger partial charge in [0.25, 0.3) is 0 Å². The molecule has 0 amide bonds. The monoisotopic (exact) mass is 246 g/mol. The van der Waals surface area contributed by atoms with E-state index in [1.54, 1.807) is 16.9 Å². The summed E-state index contributed by atoms with van der Waals surface area (Å²) in [7, 11) is 0. The van der Waals surface area contributed by atoms with Crippen LogP contribution in [0.15, 0.2) is 12.4 Å². The Morgan fingerprint density at radius 1 is 1.22 bits per heavy atom. The second kappa shape index (κ2) is 3.61. The first-order valence-electron chi connectivity index (χ1n) is 6.28. The van der Waals surface area contributed by atoms with E-state index < -0.39 is 0 Å². The highest BCUT2D eigenvalue weighted by atomic mass is 16.3. The third kappa shape index (κ3) is 1.34. The van der Waals surface area contributed by atoms with Gasteiger partial charge in [-0.1, -0.05) is 0 Å². The summed E-state index contributed by atoms with van der Waals surface area (Å²) in [5, 5.41) is 21.5. The first kappa shape index (κ1) is 10.2. The minimum absolute atomic E-state index is 0.152. The molecule has 2 aromatic rings. The fourth-order valence-corrected chi connectivity index (χ4v) is 3.30. The van der Waals surface area contributed by atoms with Gasteiger partial charge in [0.2, 0.25) is 0 Å². The van der Waals surface area contributed by atoms with Crippen LogP contribution < -0.4 is 4.90 Å². The van der Waals surface area contributed by atoms with Gasteiger partial charge in [0.1, 0.15) is 0 Å². The molecule has 1 saturated heterocycles.